The van der Waals surface area contributed by atoms with Gasteiger partial charge in [-0.3, -0.25) is 4.79 Å². The highest BCUT2D eigenvalue weighted by molar-refractivity contribution is 6.33. The number of nitrogens with one attached hydrogen (secondary N) is 1. The fraction of sp³-hybridized carbons (Fsp3) is 0.200. The van der Waals surface area contributed by atoms with Crippen LogP contribution in [0.1, 0.15) is 17.5 Å². The number of nitrogens with zero attached hydrogens (tertiary/aromatic N) is 3. The molecule has 2 N–H and O–H groups in total. The highest BCUT2D eigenvalue weighted by atomic mass is 35.5. The number of ether oxygens (including phenoxy) is 1. The Hall–Kier alpha value is -3.96. The van der Waals surface area contributed by atoms with Crippen molar-refractivity contribution >= 4 is 23.4 Å². The van der Waals surface area contributed by atoms with Gasteiger partial charge in [-0.1, -0.05) is 41.0 Å². The van der Waals surface area contributed by atoms with Gasteiger partial charge in [-0.15, -0.1) is 0 Å². The van der Waals surface area contributed by atoms with Gasteiger partial charge in [0.15, 0.2) is 0 Å². The van der Waals surface area contributed by atoms with Gasteiger partial charge in [0.25, 0.3) is 5.89 Å². The van der Waals surface area contributed by atoms with E-state index >= 15 is 0 Å². The number of alkyl halides is 3. The number of aliphatic carboxylic acids is 1. The van der Waals surface area contributed by atoms with E-state index in [1.54, 1.807) is 30.3 Å². The third-order valence-corrected chi connectivity index (χ3v) is 5.62. The Morgan fingerprint density at radius 3 is 2.62 bits per heavy atom. The third-order valence-electron chi connectivity index (χ3n) is 5.33. The number of rotatable bonds is 9. The summed E-state index contributed by atoms with van der Waals surface area (Å²) < 4.78 is 51.4. The van der Waals surface area contributed by atoms with Gasteiger partial charge < -0.3 is 19.7 Å². The normalized spacial score (nSPS) is 11.5. The number of carboxylic acid groups (broad SMARTS) is 1. The van der Waals surface area contributed by atoms with E-state index in [1.165, 1.54) is 25.4 Å². The Morgan fingerprint density at radius 2 is 1.92 bits per heavy atom. The van der Waals surface area contributed by atoms with E-state index in [1.807, 2.05) is 0 Å². The van der Waals surface area contributed by atoms with Crippen LogP contribution in [0, 0.1) is 0 Å². The molecule has 2 aromatic heterocycles. The van der Waals surface area contributed by atoms with Gasteiger partial charge in [-0.25, -0.2) is 4.98 Å². The molecule has 0 radical (unpaired) electrons. The topological polar surface area (TPSA) is 110 Å². The second-order valence-electron chi connectivity index (χ2n) is 7.90. The lowest BCUT2D eigenvalue weighted by atomic mass is 9.94. The molecule has 4 rings (SSSR count). The molecule has 0 bridgehead atoms. The van der Waals surface area contributed by atoms with Crippen LogP contribution in [0.15, 0.2) is 59.3 Å². The lowest BCUT2D eigenvalue weighted by Gasteiger charge is -2.16. The van der Waals surface area contributed by atoms with Crippen molar-refractivity contribution in [2.45, 2.75) is 19.2 Å². The third kappa shape index (κ3) is 6.07. The van der Waals surface area contributed by atoms with E-state index in [9.17, 15) is 18.0 Å². The maximum absolute atomic E-state index is 13.6. The van der Waals surface area contributed by atoms with E-state index in [0.29, 0.717) is 28.1 Å². The molecule has 37 heavy (non-hydrogen) atoms. The fourth-order valence-corrected chi connectivity index (χ4v) is 3.90. The van der Waals surface area contributed by atoms with Crippen molar-refractivity contribution in [3.8, 4) is 34.0 Å². The summed E-state index contributed by atoms with van der Waals surface area (Å²) in [6.45, 7) is 0.216. The monoisotopic (exact) mass is 532 g/mol. The molecule has 4 aromatic rings. The average Bonchev–Trinajstić information content (AvgIpc) is 3.35. The average molecular weight is 533 g/mol. The van der Waals surface area contributed by atoms with Crippen LogP contribution in [0.4, 0.5) is 19.0 Å². The van der Waals surface area contributed by atoms with Crippen molar-refractivity contribution in [2.75, 3.05) is 19.0 Å². The first-order valence-electron chi connectivity index (χ1n) is 10.9. The largest absolute Gasteiger partial charge is 0.481 e. The molecule has 0 unspecified atom stereocenters. The summed E-state index contributed by atoms with van der Waals surface area (Å²) >= 11 is 6.24. The summed E-state index contributed by atoms with van der Waals surface area (Å²) in [6, 6.07) is 11.7. The molecule has 2 heterocycles. The SMILES string of the molecule is COCc1cc(-c2nc(-c3cnc(NCCC(=O)O)c(Cl)c3)no2)ccc1-c1ccccc1C(F)(F)F. The first kappa shape index (κ1) is 26.1. The Balaban J connectivity index is 1.63. The first-order valence-corrected chi connectivity index (χ1v) is 11.3. The zero-order valence-corrected chi connectivity index (χ0v) is 20.1. The van der Waals surface area contributed by atoms with Crippen molar-refractivity contribution in [1.29, 1.82) is 0 Å². The Labute approximate surface area is 214 Å². The number of hydrogen-bond acceptors (Lipinski definition) is 7. The van der Waals surface area contributed by atoms with E-state index in [0.717, 1.165) is 6.07 Å². The molecule has 0 atom stereocenters. The Kier molecular flexibility index (Phi) is 7.74. The molecule has 8 nitrogen and oxygen atoms in total. The number of aromatic nitrogens is 3. The quantitative estimate of drug-likeness (QED) is 0.263. The zero-order valence-electron chi connectivity index (χ0n) is 19.3. The summed E-state index contributed by atoms with van der Waals surface area (Å²) in [5.74, 6) is -0.302. The van der Waals surface area contributed by atoms with Gasteiger partial charge in [0.05, 0.1) is 23.6 Å². The summed E-state index contributed by atoms with van der Waals surface area (Å²) in [5.41, 5.74) is 1.13. The first-order chi connectivity index (χ1) is 17.7. The summed E-state index contributed by atoms with van der Waals surface area (Å²) in [6.07, 6.45) is -3.16. The molecule has 0 amide bonds. The van der Waals surface area contributed by atoms with E-state index < -0.39 is 17.7 Å². The second-order valence-corrected chi connectivity index (χ2v) is 8.30. The van der Waals surface area contributed by atoms with E-state index in [-0.39, 0.29) is 41.9 Å². The van der Waals surface area contributed by atoms with Gasteiger partial charge >= 0.3 is 12.1 Å². The van der Waals surface area contributed by atoms with Gasteiger partial charge in [0.1, 0.15) is 5.82 Å². The molecule has 0 aliphatic heterocycles. The number of hydrogen-bond donors (Lipinski definition) is 2. The minimum atomic E-state index is -4.52. The van der Waals surface area contributed by atoms with E-state index in [2.05, 4.69) is 20.4 Å². The molecule has 2 aromatic carbocycles. The number of methoxy groups -OCH3 is 1. The molecular formula is C25H20ClF3N4O4. The van der Waals surface area contributed by atoms with Crippen molar-refractivity contribution in [3.63, 3.8) is 0 Å². The number of anilines is 1. The smallest absolute Gasteiger partial charge is 0.417 e. The van der Waals surface area contributed by atoms with Gasteiger partial charge in [0, 0.05) is 31.0 Å². The van der Waals surface area contributed by atoms with Crippen molar-refractivity contribution in [3.05, 3.63) is 70.9 Å². The molecule has 12 heteroatoms. The van der Waals surface area contributed by atoms with Crippen LogP contribution in [0.3, 0.4) is 0 Å². The van der Waals surface area contributed by atoms with Crippen LogP contribution in [0.25, 0.3) is 34.0 Å². The molecular weight excluding hydrogens is 513 g/mol. The van der Waals surface area contributed by atoms with Crippen molar-refractivity contribution in [2.24, 2.45) is 0 Å². The minimum Gasteiger partial charge on any atom is -0.481 e. The molecule has 0 fully saturated rings. The summed E-state index contributed by atoms with van der Waals surface area (Å²) in [5, 5.41) is 15.8. The number of carbonyl (C=O) groups is 1. The Bertz CT molecular complexity index is 1430. The van der Waals surface area contributed by atoms with Crippen LogP contribution in [0.2, 0.25) is 5.02 Å². The second kappa shape index (κ2) is 11.0. The van der Waals surface area contributed by atoms with Gasteiger partial charge in [-0.05, 0) is 41.0 Å². The van der Waals surface area contributed by atoms with Crippen LogP contribution >= 0.6 is 11.6 Å². The molecule has 0 aliphatic carbocycles. The van der Waals surface area contributed by atoms with Crippen LogP contribution in [0.5, 0.6) is 0 Å². The Morgan fingerprint density at radius 1 is 1.14 bits per heavy atom. The molecule has 192 valence electrons. The lowest BCUT2D eigenvalue weighted by Crippen LogP contribution is -2.08. The molecule has 0 spiro atoms. The molecule has 0 saturated carbocycles. The molecule has 0 saturated heterocycles. The molecule has 0 aliphatic rings. The number of benzene rings is 2. The van der Waals surface area contributed by atoms with Crippen LogP contribution in [-0.4, -0.2) is 39.9 Å². The number of carboxylic acids is 1. The number of halogens is 4. The fourth-order valence-electron chi connectivity index (χ4n) is 3.67. The lowest BCUT2D eigenvalue weighted by molar-refractivity contribution is -0.137. The predicted octanol–water partition coefficient (Wildman–Crippen LogP) is 6.17. The number of pyridine rings is 1. The maximum atomic E-state index is 13.6. The van der Waals surface area contributed by atoms with Crippen molar-refractivity contribution < 1.29 is 32.3 Å². The van der Waals surface area contributed by atoms with E-state index in [4.69, 9.17) is 26.0 Å². The summed E-state index contributed by atoms with van der Waals surface area (Å²) in [4.78, 5) is 19.2. The van der Waals surface area contributed by atoms with Gasteiger partial charge in [0.2, 0.25) is 5.82 Å². The zero-order chi connectivity index (χ0) is 26.6. The summed E-state index contributed by atoms with van der Waals surface area (Å²) in [7, 11) is 1.45. The highest BCUT2D eigenvalue weighted by Crippen LogP contribution is 2.39. The minimum absolute atomic E-state index is 0.0394. The van der Waals surface area contributed by atoms with Crippen LogP contribution in [-0.2, 0) is 22.3 Å². The van der Waals surface area contributed by atoms with Gasteiger partial charge in [-0.2, -0.15) is 18.2 Å². The van der Waals surface area contributed by atoms with Crippen molar-refractivity contribution in [1.82, 2.24) is 15.1 Å². The maximum Gasteiger partial charge on any atom is 0.417 e. The predicted molar refractivity (Wildman–Crippen MR) is 130 cm³/mol. The standard InChI is InChI=1S/C25H20ClF3N4O4/c1-36-13-16-10-14(6-7-17(16)18-4-2-3-5-19(18)25(27,28)29)24-32-22(33-37-24)15-11-20(26)23(31-12-15)30-9-8-21(34)35/h2-7,10-12H,8-9,13H2,1H3,(H,30,31)(H,34,35). The van der Waals surface area contributed by atoms with Crippen LogP contribution < -0.4 is 5.32 Å². The highest BCUT2D eigenvalue weighted by Gasteiger charge is 2.33.